The molecule has 0 fully saturated rings. The standard InChI is InChI=1S/C10H12O2.C9H10O3.C4H9ClO2.CH2Cl2/c1-6-4-7(2)10(8(3)11)9(12)5-6;1-5-3-7(11)4-8(12)9(5)6(2)10;1-6-2-3-7-4-5;2-1-3/h4-5,12H,1-3H3;3-4,11-12H,1-2H3;2-4H2,1H3;1H2. The minimum atomic E-state index is -0.204. The predicted molar refractivity (Wildman–Crippen MR) is 137 cm³/mol. The maximum Gasteiger partial charge on any atom is 0.163 e. The number of rotatable bonds is 6. The van der Waals surface area contributed by atoms with Crippen molar-refractivity contribution in [3.8, 4) is 17.2 Å². The first kappa shape index (κ1) is 34.1. The quantitative estimate of drug-likeness (QED) is 0.231. The van der Waals surface area contributed by atoms with Crippen molar-refractivity contribution >= 4 is 46.4 Å². The van der Waals surface area contributed by atoms with E-state index in [-0.39, 0.29) is 45.8 Å². The molecule has 0 aromatic heterocycles. The number of halogens is 3. The number of hydrogen-bond acceptors (Lipinski definition) is 7. The van der Waals surface area contributed by atoms with Crippen LogP contribution in [-0.2, 0) is 9.47 Å². The van der Waals surface area contributed by atoms with Gasteiger partial charge in [-0.3, -0.25) is 9.59 Å². The highest BCUT2D eigenvalue weighted by atomic mass is 35.5. The fourth-order valence-electron chi connectivity index (χ4n) is 2.81. The topological polar surface area (TPSA) is 113 Å². The van der Waals surface area contributed by atoms with Gasteiger partial charge < -0.3 is 24.8 Å². The fourth-order valence-corrected chi connectivity index (χ4v) is 2.92. The van der Waals surface area contributed by atoms with E-state index in [0.29, 0.717) is 24.3 Å². The van der Waals surface area contributed by atoms with Crippen molar-refractivity contribution in [3.05, 3.63) is 52.1 Å². The normalized spacial score (nSPS) is 9.44. The Balaban J connectivity index is 0. The molecule has 10 heteroatoms. The van der Waals surface area contributed by atoms with Gasteiger partial charge in [0.25, 0.3) is 0 Å². The van der Waals surface area contributed by atoms with Gasteiger partial charge in [0.05, 0.1) is 29.7 Å². The van der Waals surface area contributed by atoms with E-state index in [1.54, 1.807) is 20.1 Å². The Hall–Kier alpha value is -2.03. The van der Waals surface area contributed by atoms with Crippen LogP contribution in [0.5, 0.6) is 17.2 Å². The number of carbonyl (C=O) groups is 2. The third-order valence-corrected chi connectivity index (χ3v) is 4.13. The lowest BCUT2D eigenvalue weighted by Crippen LogP contribution is -1.99. The summed E-state index contributed by atoms with van der Waals surface area (Å²) in [6.07, 6.45) is 0. The number of ketones is 2. The van der Waals surface area contributed by atoms with Crippen LogP contribution in [0.4, 0.5) is 0 Å². The highest BCUT2D eigenvalue weighted by Crippen LogP contribution is 2.26. The summed E-state index contributed by atoms with van der Waals surface area (Å²) in [5.41, 5.74) is 3.09. The number of Topliss-reactive ketones (excluding diaryl/α,β-unsaturated/α-hetero) is 2. The van der Waals surface area contributed by atoms with Crippen molar-refractivity contribution in [2.75, 3.05) is 31.7 Å². The fraction of sp³-hybridized carbons (Fsp3) is 0.417. The number of methoxy groups -OCH3 is 1. The molecule has 2 rings (SSSR count). The van der Waals surface area contributed by atoms with Gasteiger partial charge in [0.1, 0.15) is 23.3 Å². The van der Waals surface area contributed by atoms with E-state index >= 15 is 0 Å². The summed E-state index contributed by atoms with van der Waals surface area (Å²) in [4.78, 5) is 22.0. The Kier molecular flexibility index (Phi) is 19.4. The molecule has 0 spiro atoms. The van der Waals surface area contributed by atoms with Crippen LogP contribution in [0.25, 0.3) is 0 Å². The summed E-state index contributed by atoms with van der Waals surface area (Å²) < 4.78 is 9.37. The van der Waals surface area contributed by atoms with Gasteiger partial charge >= 0.3 is 0 Å². The third kappa shape index (κ3) is 14.3. The van der Waals surface area contributed by atoms with Gasteiger partial charge in [-0.25, -0.2) is 0 Å². The average Bonchev–Trinajstić information content (AvgIpc) is 2.68. The van der Waals surface area contributed by atoms with E-state index < -0.39 is 0 Å². The molecule has 0 aliphatic heterocycles. The van der Waals surface area contributed by atoms with E-state index in [2.05, 4.69) is 4.74 Å². The van der Waals surface area contributed by atoms with Gasteiger partial charge in [-0.05, 0) is 63.4 Å². The first-order chi connectivity index (χ1) is 15.9. The number of phenolic OH excluding ortho intramolecular Hbond substituents is 3. The number of carbonyl (C=O) groups excluding carboxylic acids is 2. The summed E-state index contributed by atoms with van der Waals surface area (Å²) in [6.45, 7) is 9.40. The van der Waals surface area contributed by atoms with E-state index in [4.69, 9.17) is 44.6 Å². The van der Waals surface area contributed by atoms with Crippen LogP contribution in [0, 0.1) is 20.8 Å². The molecular formula is C24H33Cl3O7. The minimum Gasteiger partial charge on any atom is -0.508 e. The molecule has 0 amide bonds. The second-order valence-corrected chi connectivity index (χ2v) is 7.88. The summed E-state index contributed by atoms with van der Waals surface area (Å²) >= 11 is 14.7. The third-order valence-electron chi connectivity index (χ3n) is 3.97. The lowest BCUT2D eigenvalue weighted by Gasteiger charge is -2.05. The van der Waals surface area contributed by atoms with E-state index in [1.165, 1.54) is 19.9 Å². The molecule has 2 aromatic rings. The SMILES string of the molecule is CC(=O)c1c(C)cc(C)cc1O.CC(=O)c1c(C)cc(O)cc1O.COCCOCCl.ClCCl. The zero-order chi connectivity index (χ0) is 26.8. The molecule has 3 N–H and O–H groups in total. The molecule has 2 aromatic carbocycles. The van der Waals surface area contributed by atoms with E-state index in [0.717, 1.165) is 17.2 Å². The highest BCUT2D eigenvalue weighted by molar-refractivity contribution is 6.40. The van der Waals surface area contributed by atoms with Crippen LogP contribution < -0.4 is 0 Å². The summed E-state index contributed by atoms with van der Waals surface area (Å²) in [7, 11) is 1.62. The highest BCUT2D eigenvalue weighted by Gasteiger charge is 2.11. The predicted octanol–water partition coefficient (Wildman–Crippen LogP) is 6.09. The smallest absolute Gasteiger partial charge is 0.163 e. The van der Waals surface area contributed by atoms with Crippen molar-refractivity contribution in [1.29, 1.82) is 0 Å². The number of alkyl halides is 3. The van der Waals surface area contributed by atoms with Crippen molar-refractivity contribution in [1.82, 2.24) is 0 Å². The van der Waals surface area contributed by atoms with Crippen molar-refractivity contribution in [2.45, 2.75) is 34.6 Å². The monoisotopic (exact) mass is 538 g/mol. The lowest BCUT2D eigenvalue weighted by molar-refractivity contribution is 0.0936. The van der Waals surface area contributed by atoms with Gasteiger partial charge in [0.2, 0.25) is 0 Å². The van der Waals surface area contributed by atoms with Crippen LogP contribution in [0.1, 0.15) is 51.3 Å². The maximum absolute atomic E-state index is 11.0. The Labute approximate surface area is 216 Å². The first-order valence-corrected chi connectivity index (χ1v) is 11.6. The van der Waals surface area contributed by atoms with Gasteiger partial charge in [0, 0.05) is 13.2 Å². The molecule has 34 heavy (non-hydrogen) atoms. The number of ether oxygens (including phenoxy) is 2. The van der Waals surface area contributed by atoms with E-state index in [1.807, 2.05) is 19.9 Å². The van der Waals surface area contributed by atoms with Crippen LogP contribution in [0.3, 0.4) is 0 Å². The number of phenols is 3. The Morgan fingerprint density at radius 2 is 1.24 bits per heavy atom. The molecule has 0 atom stereocenters. The van der Waals surface area contributed by atoms with Crippen LogP contribution >= 0.6 is 34.8 Å². The number of hydrogen-bond donors (Lipinski definition) is 3. The molecule has 0 bridgehead atoms. The number of aromatic hydroxyl groups is 3. The van der Waals surface area contributed by atoms with Crippen LogP contribution in [0.15, 0.2) is 24.3 Å². The molecule has 0 heterocycles. The molecule has 0 aliphatic carbocycles. The molecule has 7 nitrogen and oxygen atoms in total. The summed E-state index contributed by atoms with van der Waals surface area (Å²) in [6, 6.07) is 6.34. The molecular weight excluding hydrogens is 507 g/mol. The number of benzene rings is 2. The van der Waals surface area contributed by atoms with Gasteiger partial charge in [-0.1, -0.05) is 17.7 Å². The maximum atomic E-state index is 11.0. The van der Waals surface area contributed by atoms with Crippen LogP contribution in [0.2, 0.25) is 0 Å². The zero-order valence-corrected chi connectivity index (χ0v) is 22.5. The van der Waals surface area contributed by atoms with Crippen molar-refractivity contribution in [3.63, 3.8) is 0 Å². The molecule has 0 aliphatic rings. The Morgan fingerprint density at radius 1 is 0.794 bits per heavy atom. The van der Waals surface area contributed by atoms with E-state index in [9.17, 15) is 19.8 Å². The average molecular weight is 540 g/mol. The first-order valence-electron chi connectivity index (χ1n) is 9.96. The molecule has 192 valence electrons. The molecule has 0 unspecified atom stereocenters. The van der Waals surface area contributed by atoms with Gasteiger partial charge in [-0.2, -0.15) is 0 Å². The second-order valence-electron chi connectivity index (χ2n) is 6.86. The summed E-state index contributed by atoms with van der Waals surface area (Å²) in [5.74, 6) is -0.412. The van der Waals surface area contributed by atoms with Crippen LogP contribution in [-0.4, -0.2) is 58.6 Å². The zero-order valence-electron chi connectivity index (χ0n) is 20.2. The Morgan fingerprint density at radius 3 is 1.59 bits per heavy atom. The van der Waals surface area contributed by atoms with Crippen molar-refractivity contribution < 1.29 is 34.4 Å². The summed E-state index contributed by atoms with van der Waals surface area (Å²) in [5, 5.41) is 27.9. The minimum absolute atomic E-state index is 0.0324. The number of aryl methyl sites for hydroxylation is 3. The second kappa shape index (κ2) is 19.3. The lowest BCUT2D eigenvalue weighted by atomic mass is 10.0. The van der Waals surface area contributed by atoms with Crippen molar-refractivity contribution in [2.24, 2.45) is 0 Å². The van der Waals surface area contributed by atoms with Gasteiger partial charge in [-0.15, -0.1) is 23.2 Å². The largest absolute Gasteiger partial charge is 0.508 e. The Bertz CT molecular complexity index is 785. The molecule has 0 saturated heterocycles. The van der Waals surface area contributed by atoms with Gasteiger partial charge in [0.15, 0.2) is 11.6 Å². The molecule has 0 saturated carbocycles. The molecule has 0 radical (unpaired) electrons.